The molecule has 0 aliphatic heterocycles. The maximum Gasteiger partial charge on any atom is 0.337 e. The van der Waals surface area contributed by atoms with Crippen molar-refractivity contribution >= 4 is 32.5 Å². The SMILES string of the molecule is COc1ccc2cc(S(=O)(=O)Nc3ccccc3C(=O)O)ccc2c1. The van der Waals surface area contributed by atoms with Crippen molar-refractivity contribution in [2.45, 2.75) is 4.90 Å². The average molecular weight is 357 g/mol. The van der Waals surface area contributed by atoms with Gasteiger partial charge in [-0.2, -0.15) is 0 Å². The van der Waals surface area contributed by atoms with E-state index in [0.717, 1.165) is 10.8 Å². The highest BCUT2D eigenvalue weighted by Crippen LogP contribution is 2.25. The van der Waals surface area contributed by atoms with Gasteiger partial charge >= 0.3 is 5.97 Å². The van der Waals surface area contributed by atoms with E-state index in [2.05, 4.69) is 4.72 Å². The Balaban J connectivity index is 2.00. The Bertz CT molecular complexity index is 1060. The molecule has 0 heterocycles. The van der Waals surface area contributed by atoms with Gasteiger partial charge < -0.3 is 9.84 Å². The van der Waals surface area contributed by atoms with Crippen LogP contribution in [0.5, 0.6) is 5.75 Å². The lowest BCUT2D eigenvalue weighted by atomic mass is 10.1. The molecule has 2 N–H and O–H groups in total. The summed E-state index contributed by atoms with van der Waals surface area (Å²) >= 11 is 0. The Labute approximate surface area is 144 Å². The summed E-state index contributed by atoms with van der Waals surface area (Å²) in [5.74, 6) is -0.527. The van der Waals surface area contributed by atoms with Gasteiger partial charge in [-0.3, -0.25) is 4.72 Å². The van der Waals surface area contributed by atoms with Crippen molar-refractivity contribution in [3.63, 3.8) is 0 Å². The Kier molecular flexibility index (Phi) is 4.33. The molecule has 6 nitrogen and oxygen atoms in total. The van der Waals surface area contributed by atoms with Gasteiger partial charge in [-0.05, 0) is 47.2 Å². The first kappa shape index (κ1) is 16.8. The summed E-state index contributed by atoms with van der Waals surface area (Å²) in [6, 6.07) is 15.8. The largest absolute Gasteiger partial charge is 0.497 e. The summed E-state index contributed by atoms with van der Waals surface area (Å²) in [5.41, 5.74) is -0.0959. The third kappa shape index (κ3) is 3.41. The van der Waals surface area contributed by atoms with Crippen LogP contribution < -0.4 is 9.46 Å². The number of carbonyl (C=O) groups is 1. The van der Waals surface area contributed by atoms with E-state index in [-0.39, 0.29) is 16.1 Å². The number of nitrogens with one attached hydrogen (secondary N) is 1. The number of para-hydroxylation sites is 1. The van der Waals surface area contributed by atoms with Gasteiger partial charge in [-0.25, -0.2) is 13.2 Å². The number of anilines is 1. The fourth-order valence-electron chi connectivity index (χ4n) is 2.46. The molecule has 0 amide bonds. The third-order valence-corrected chi connectivity index (χ3v) is 5.09. The van der Waals surface area contributed by atoms with Gasteiger partial charge in [0.05, 0.1) is 23.3 Å². The zero-order valence-corrected chi connectivity index (χ0v) is 14.1. The summed E-state index contributed by atoms with van der Waals surface area (Å²) in [7, 11) is -2.36. The number of rotatable bonds is 5. The zero-order valence-electron chi connectivity index (χ0n) is 13.3. The fraction of sp³-hybridized carbons (Fsp3) is 0.0556. The van der Waals surface area contributed by atoms with Gasteiger partial charge in [0, 0.05) is 0 Å². The summed E-state index contributed by atoms with van der Waals surface area (Å²) < 4.78 is 32.7. The molecule has 0 fully saturated rings. The number of sulfonamides is 1. The molecule has 0 aromatic heterocycles. The summed E-state index contributed by atoms with van der Waals surface area (Å²) in [4.78, 5) is 11.3. The second-order valence-electron chi connectivity index (χ2n) is 5.33. The predicted molar refractivity (Wildman–Crippen MR) is 94.7 cm³/mol. The number of aromatic carboxylic acids is 1. The number of hydrogen-bond acceptors (Lipinski definition) is 4. The lowest BCUT2D eigenvalue weighted by Gasteiger charge is -2.11. The van der Waals surface area contributed by atoms with E-state index in [1.54, 1.807) is 37.4 Å². The predicted octanol–water partition coefficient (Wildman–Crippen LogP) is 3.35. The van der Waals surface area contributed by atoms with Gasteiger partial charge in [0.25, 0.3) is 10.0 Å². The molecule has 3 aromatic carbocycles. The highest BCUT2D eigenvalue weighted by atomic mass is 32.2. The number of fused-ring (bicyclic) bond motifs is 1. The van der Waals surface area contributed by atoms with Crippen LogP contribution in [-0.4, -0.2) is 26.6 Å². The molecule has 0 atom stereocenters. The smallest absolute Gasteiger partial charge is 0.337 e. The van der Waals surface area contributed by atoms with Crippen molar-refractivity contribution in [1.82, 2.24) is 0 Å². The Morgan fingerprint density at radius 3 is 2.40 bits per heavy atom. The minimum atomic E-state index is -3.92. The molecule has 3 rings (SSSR count). The van der Waals surface area contributed by atoms with E-state index in [1.165, 1.54) is 30.3 Å². The van der Waals surface area contributed by atoms with Crippen molar-refractivity contribution in [2.75, 3.05) is 11.8 Å². The summed E-state index contributed by atoms with van der Waals surface area (Å²) in [6.07, 6.45) is 0. The number of methoxy groups -OCH3 is 1. The van der Waals surface area contributed by atoms with Crippen LogP contribution in [0.15, 0.2) is 65.6 Å². The molecule has 0 spiro atoms. The first-order valence-electron chi connectivity index (χ1n) is 7.34. The molecule has 7 heteroatoms. The fourth-order valence-corrected chi connectivity index (χ4v) is 3.57. The Morgan fingerprint density at radius 1 is 1.00 bits per heavy atom. The monoisotopic (exact) mass is 357 g/mol. The van der Waals surface area contributed by atoms with Crippen molar-refractivity contribution in [1.29, 1.82) is 0 Å². The number of benzene rings is 3. The number of hydrogen-bond donors (Lipinski definition) is 2. The van der Waals surface area contributed by atoms with Gasteiger partial charge in [0.2, 0.25) is 0 Å². The molecule has 0 saturated carbocycles. The lowest BCUT2D eigenvalue weighted by Crippen LogP contribution is -2.15. The average Bonchev–Trinajstić information content (AvgIpc) is 2.60. The molecule has 0 unspecified atom stereocenters. The van der Waals surface area contributed by atoms with Crippen LogP contribution in [0.25, 0.3) is 10.8 Å². The van der Waals surface area contributed by atoms with Crippen LogP contribution in [-0.2, 0) is 10.0 Å². The standard InChI is InChI=1S/C18H15NO5S/c1-24-14-8-6-13-11-15(9-7-12(13)10-14)25(22,23)19-17-5-3-2-4-16(17)18(20)21/h2-11,19H,1H3,(H,20,21). The van der Waals surface area contributed by atoms with Crippen molar-refractivity contribution < 1.29 is 23.1 Å². The number of carboxylic acids is 1. The van der Waals surface area contributed by atoms with Gasteiger partial charge in [-0.1, -0.05) is 24.3 Å². The Hall–Kier alpha value is -3.06. The normalized spacial score (nSPS) is 11.2. The maximum atomic E-state index is 12.6. The number of ether oxygens (including phenoxy) is 1. The highest BCUT2D eigenvalue weighted by molar-refractivity contribution is 7.92. The van der Waals surface area contributed by atoms with Crippen molar-refractivity contribution in [3.8, 4) is 5.75 Å². The molecule has 0 aliphatic rings. The third-order valence-electron chi connectivity index (χ3n) is 3.73. The maximum absolute atomic E-state index is 12.6. The molecule has 128 valence electrons. The molecule has 0 saturated heterocycles. The minimum absolute atomic E-state index is 0.0184. The van der Waals surface area contributed by atoms with Crippen molar-refractivity contribution in [3.05, 3.63) is 66.2 Å². The van der Waals surface area contributed by atoms with Crippen LogP contribution in [0.4, 0.5) is 5.69 Å². The number of carboxylic acid groups (broad SMARTS) is 1. The molecule has 0 aliphatic carbocycles. The molecule has 0 bridgehead atoms. The molecule has 25 heavy (non-hydrogen) atoms. The molecule has 3 aromatic rings. The lowest BCUT2D eigenvalue weighted by molar-refractivity contribution is 0.0698. The highest BCUT2D eigenvalue weighted by Gasteiger charge is 2.18. The molecular weight excluding hydrogens is 342 g/mol. The second kappa shape index (κ2) is 6.45. The van der Waals surface area contributed by atoms with E-state index < -0.39 is 16.0 Å². The molecule has 0 radical (unpaired) electrons. The van der Waals surface area contributed by atoms with Crippen LogP contribution >= 0.6 is 0 Å². The first-order chi connectivity index (χ1) is 11.9. The van der Waals surface area contributed by atoms with E-state index in [0.29, 0.717) is 5.75 Å². The van der Waals surface area contributed by atoms with Gasteiger partial charge in [-0.15, -0.1) is 0 Å². The minimum Gasteiger partial charge on any atom is -0.497 e. The van der Waals surface area contributed by atoms with E-state index in [1.807, 2.05) is 0 Å². The van der Waals surface area contributed by atoms with Crippen LogP contribution in [0.2, 0.25) is 0 Å². The van der Waals surface area contributed by atoms with Crippen LogP contribution in [0, 0.1) is 0 Å². The first-order valence-corrected chi connectivity index (χ1v) is 8.82. The van der Waals surface area contributed by atoms with Crippen molar-refractivity contribution in [2.24, 2.45) is 0 Å². The zero-order chi connectivity index (χ0) is 18.0. The van der Waals surface area contributed by atoms with Gasteiger partial charge in [0.1, 0.15) is 5.75 Å². The van der Waals surface area contributed by atoms with Gasteiger partial charge in [0.15, 0.2) is 0 Å². The topological polar surface area (TPSA) is 92.7 Å². The summed E-state index contributed by atoms with van der Waals surface area (Å²) in [5, 5.41) is 10.7. The van der Waals surface area contributed by atoms with E-state index in [4.69, 9.17) is 4.74 Å². The second-order valence-corrected chi connectivity index (χ2v) is 7.01. The Morgan fingerprint density at radius 2 is 1.68 bits per heavy atom. The van der Waals surface area contributed by atoms with Crippen LogP contribution in [0.1, 0.15) is 10.4 Å². The van der Waals surface area contributed by atoms with E-state index in [9.17, 15) is 18.3 Å². The van der Waals surface area contributed by atoms with E-state index >= 15 is 0 Å². The molecular formula is C18H15NO5S. The quantitative estimate of drug-likeness (QED) is 0.730. The van der Waals surface area contributed by atoms with Crippen LogP contribution in [0.3, 0.4) is 0 Å². The summed E-state index contributed by atoms with van der Waals surface area (Å²) in [6.45, 7) is 0.